The van der Waals surface area contributed by atoms with Crippen molar-refractivity contribution in [3.63, 3.8) is 0 Å². The van der Waals surface area contributed by atoms with Crippen LogP contribution < -0.4 is 0 Å². The predicted octanol–water partition coefficient (Wildman–Crippen LogP) is 3.66. The molecular weight excluding hydrogens is 186 g/mol. The monoisotopic (exact) mass is 215 g/mol. The van der Waals surface area contributed by atoms with Gasteiger partial charge in [-0.05, 0) is 19.3 Å². The molecule has 0 unspecified atom stereocenters. The molecule has 0 aromatic heterocycles. The Hall–Kier alpha value is -0.0800. The number of hydrogen-bond donors (Lipinski definition) is 0. The van der Waals surface area contributed by atoms with Crippen LogP contribution in [0.1, 0.15) is 59.3 Å². The topological polar surface area (TPSA) is 12.5 Å². The van der Waals surface area contributed by atoms with Gasteiger partial charge in [0, 0.05) is 19.7 Å². The van der Waals surface area contributed by atoms with Crippen LogP contribution in [0.25, 0.3) is 0 Å². The van der Waals surface area contributed by atoms with Gasteiger partial charge in [0.2, 0.25) is 0 Å². The van der Waals surface area contributed by atoms with Crippen LogP contribution in [-0.2, 0) is 4.74 Å². The molecule has 15 heavy (non-hydrogen) atoms. The molecule has 92 valence electrons. The number of nitrogens with zero attached hydrogens (tertiary/aromatic N) is 1. The van der Waals surface area contributed by atoms with Crippen molar-refractivity contribution < 1.29 is 4.74 Å². The fourth-order valence-electron chi connectivity index (χ4n) is 1.44. The van der Waals surface area contributed by atoms with Crippen molar-refractivity contribution in [2.24, 2.45) is 0 Å². The molecule has 0 aromatic carbocycles. The summed E-state index contributed by atoms with van der Waals surface area (Å²) in [7, 11) is 0. The van der Waals surface area contributed by atoms with E-state index in [4.69, 9.17) is 4.74 Å². The van der Waals surface area contributed by atoms with E-state index in [1.165, 1.54) is 51.6 Å². The van der Waals surface area contributed by atoms with Gasteiger partial charge >= 0.3 is 0 Å². The first-order valence-corrected chi connectivity index (χ1v) is 6.65. The second-order valence-corrected chi connectivity index (χ2v) is 4.22. The van der Waals surface area contributed by atoms with Gasteiger partial charge in [-0.1, -0.05) is 40.0 Å². The van der Waals surface area contributed by atoms with Gasteiger partial charge in [0.25, 0.3) is 0 Å². The fraction of sp³-hybridized carbons (Fsp3) is 1.00. The van der Waals surface area contributed by atoms with Crippen molar-refractivity contribution >= 4 is 0 Å². The molecule has 0 bridgehead atoms. The number of hydrogen-bond acceptors (Lipinski definition) is 2. The zero-order valence-corrected chi connectivity index (χ0v) is 10.9. The van der Waals surface area contributed by atoms with Gasteiger partial charge in [0.1, 0.15) is 0 Å². The van der Waals surface area contributed by atoms with E-state index in [0.29, 0.717) is 0 Å². The van der Waals surface area contributed by atoms with Gasteiger partial charge in [-0.2, -0.15) is 0 Å². The third-order valence-corrected chi connectivity index (χ3v) is 2.57. The van der Waals surface area contributed by atoms with Gasteiger partial charge in [0.05, 0.1) is 6.73 Å². The van der Waals surface area contributed by atoms with Crippen LogP contribution in [0.3, 0.4) is 0 Å². The first-order chi connectivity index (χ1) is 7.35. The van der Waals surface area contributed by atoms with E-state index in [-0.39, 0.29) is 0 Å². The summed E-state index contributed by atoms with van der Waals surface area (Å²) in [5.74, 6) is 0. The van der Waals surface area contributed by atoms with Gasteiger partial charge < -0.3 is 4.74 Å². The zero-order valence-electron chi connectivity index (χ0n) is 10.9. The first-order valence-electron chi connectivity index (χ1n) is 6.65. The van der Waals surface area contributed by atoms with Crippen molar-refractivity contribution in [1.82, 2.24) is 4.90 Å². The maximum Gasteiger partial charge on any atom is 0.0990 e. The van der Waals surface area contributed by atoms with Crippen LogP contribution in [0.4, 0.5) is 0 Å². The summed E-state index contributed by atoms with van der Waals surface area (Å²) in [5.41, 5.74) is 0. The van der Waals surface area contributed by atoms with Gasteiger partial charge in [-0.25, -0.2) is 0 Å². The second kappa shape index (κ2) is 12.0. The summed E-state index contributed by atoms with van der Waals surface area (Å²) in [6, 6.07) is 0. The molecule has 0 aromatic rings. The summed E-state index contributed by atoms with van der Waals surface area (Å²) in [6.07, 6.45) is 7.55. The molecule has 2 heteroatoms. The molecule has 0 saturated carbocycles. The zero-order chi connectivity index (χ0) is 11.4. The molecule has 0 radical (unpaired) electrons. The minimum Gasteiger partial charge on any atom is -0.366 e. The Morgan fingerprint density at radius 3 is 1.80 bits per heavy atom. The third kappa shape index (κ3) is 10.2. The quantitative estimate of drug-likeness (QED) is 0.385. The summed E-state index contributed by atoms with van der Waals surface area (Å²) in [5, 5.41) is 0. The standard InChI is InChI=1S/C13H29NO/c1-4-7-10-14(11-8-5-2)13-15-12-9-6-3/h4-13H2,1-3H3. The van der Waals surface area contributed by atoms with Crippen molar-refractivity contribution in [2.75, 3.05) is 26.4 Å². The Bertz CT molecular complexity index is 109. The van der Waals surface area contributed by atoms with E-state index in [2.05, 4.69) is 25.7 Å². The molecule has 0 spiro atoms. The molecule has 0 saturated heterocycles. The van der Waals surface area contributed by atoms with Crippen molar-refractivity contribution in [3.8, 4) is 0 Å². The molecule has 2 nitrogen and oxygen atoms in total. The molecule has 0 N–H and O–H groups in total. The molecule has 0 aliphatic carbocycles. The smallest absolute Gasteiger partial charge is 0.0990 e. The van der Waals surface area contributed by atoms with Gasteiger partial charge in [-0.15, -0.1) is 0 Å². The minimum atomic E-state index is 0.833. The third-order valence-electron chi connectivity index (χ3n) is 2.57. The van der Waals surface area contributed by atoms with Crippen LogP contribution in [-0.4, -0.2) is 31.3 Å². The maximum atomic E-state index is 5.66. The lowest BCUT2D eigenvalue weighted by Crippen LogP contribution is -2.28. The van der Waals surface area contributed by atoms with Crippen molar-refractivity contribution in [1.29, 1.82) is 0 Å². The molecule has 0 heterocycles. The highest BCUT2D eigenvalue weighted by Gasteiger charge is 2.02. The normalized spacial score (nSPS) is 11.2. The van der Waals surface area contributed by atoms with E-state index in [1.807, 2.05) is 0 Å². The predicted molar refractivity (Wildman–Crippen MR) is 67.1 cm³/mol. The fourth-order valence-corrected chi connectivity index (χ4v) is 1.44. The van der Waals surface area contributed by atoms with Crippen LogP contribution in [0.15, 0.2) is 0 Å². The summed E-state index contributed by atoms with van der Waals surface area (Å²) < 4.78 is 5.66. The molecule has 0 aliphatic heterocycles. The molecule has 0 amide bonds. The number of rotatable bonds is 11. The van der Waals surface area contributed by atoms with E-state index in [0.717, 1.165) is 13.3 Å². The molecule has 0 fully saturated rings. The summed E-state index contributed by atoms with van der Waals surface area (Å²) in [4.78, 5) is 2.45. The average molecular weight is 215 g/mol. The van der Waals surface area contributed by atoms with Crippen LogP contribution in [0, 0.1) is 0 Å². The molecular formula is C13H29NO. The van der Waals surface area contributed by atoms with Gasteiger partial charge in [-0.3, -0.25) is 4.90 Å². The highest BCUT2D eigenvalue weighted by atomic mass is 16.5. The SMILES string of the molecule is CCCCOCN(CCCC)CCCC. The highest BCUT2D eigenvalue weighted by Crippen LogP contribution is 2.00. The lowest BCUT2D eigenvalue weighted by atomic mass is 10.3. The first kappa shape index (κ1) is 14.9. The molecule has 0 aliphatic rings. The largest absolute Gasteiger partial charge is 0.366 e. The Labute approximate surface area is 96.0 Å². The summed E-state index contributed by atoms with van der Waals surface area (Å²) >= 11 is 0. The van der Waals surface area contributed by atoms with Crippen LogP contribution >= 0.6 is 0 Å². The molecule has 0 atom stereocenters. The van der Waals surface area contributed by atoms with E-state index >= 15 is 0 Å². The Morgan fingerprint density at radius 2 is 1.33 bits per heavy atom. The Kier molecular flexibility index (Phi) is 11.9. The molecule has 0 rings (SSSR count). The van der Waals surface area contributed by atoms with Gasteiger partial charge in [0.15, 0.2) is 0 Å². The van der Waals surface area contributed by atoms with E-state index in [1.54, 1.807) is 0 Å². The lowest BCUT2D eigenvalue weighted by molar-refractivity contribution is 0.0258. The van der Waals surface area contributed by atoms with Crippen molar-refractivity contribution in [2.45, 2.75) is 59.3 Å². The Morgan fingerprint density at radius 1 is 0.800 bits per heavy atom. The van der Waals surface area contributed by atoms with E-state index < -0.39 is 0 Å². The van der Waals surface area contributed by atoms with Crippen LogP contribution in [0.2, 0.25) is 0 Å². The average Bonchev–Trinajstić information content (AvgIpc) is 2.27. The lowest BCUT2D eigenvalue weighted by Gasteiger charge is -2.21. The van der Waals surface area contributed by atoms with Crippen molar-refractivity contribution in [3.05, 3.63) is 0 Å². The van der Waals surface area contributed by atoms with E-state index in [9.17, 15) is 0 Å². The summed E-state index contributed by atoms with van der Waals surface area (Å²) in [6.45, 7) is 10.8. The minimum absolute atomic E-state index is 0.833. The highest BCUT2D eigenvalue weighted by molar-refractivity contribution is 4.53. The second-order valence-electron chi connectivity index (χ2n) is 4.22. The number of unbranched alkanes of at least 4 members (excludes halogenated alkanes) is 3. The number of ether oxygens (including phenoxy) is 1. The maximum absolute atomic E-state index is 5.66. The Balaban J connectivity index is 3.49. The van der Waals surface area contributed by atoms with Crippen LogP contribution in [0.5, 0.6) is 0 Å².